The van der Waals surface area contributed by atoms with E-state index in [1.165, 1.54) is 7.11 Å². The van der Waals surface area contributed by atoms with Crippen LogP contribution >= 0.6 is 0 Å². The summed E-state index contributed by atoms with van der Waals surface area (Å²) in [5.74, 6) is 0.659. The second-order valence-corrected chi connectivity index (χ2v) is 8.90. The number of carbonyl (C=O) groups is 2. The first kappa shape index (κ1) is 25.5. The molecule has 1 heterocycles. The molecule has 0 radical (unpaired) electrons. The van der Waals surface area contributed by atoms with E-state index in [4.69, 9.17) is 14.2 Å². The second kappa shape index (κ2) is 11.4. The van der Waals surface area contributed by atoms with Crippen LogP contribution in [0, 0.1) is 5.92 Å². The molecule has 0 spiro atoms. The number of nitrogens with zero attached hydrogens (tertiary/aromatic N) is 2. The van der Waals surface area contributed by atoms with E-state index < -0.39 is 0 Å². The number of nitrogens with one attached hydrogen (secondary N) is 1. The molecule has 184 valence electrons. The van der Waals surface area contributed by atoms with Gasteiger partial charge in [0.1, 0.15) is 18.1 Å². The summed E-state index contributed by atoms with van der Waals surface area (Å²) in [5.41, 5.74) is 1.29. The van der Waals surface area contributed by atoms with E-state index in [2.05, 4.69) is 31.1 Å². The van der Waals surface area contributed by atoms with E-state index in [9.17, 15) is 9.59 Å². The highest BCUT2D eigenvalue weighted by Gasteiger charge is 2.27. The van der Waals surface area contributed by atoms with Crippen molar-refractivity contribution in [2.24, 2.45) is 5.92 Å². The molecule has 1 aliphatic heterocycles. The van der Waals surface area contributed by atoms with Crippen LogP contribution in [0.2, 0.25) is 0 Å². The van der Waals surface area contributed by atoms with Crippen molar-refractivity contribution in [1.29, 1.82) is 0 Å². The van der Waals surface area contributed by atoms with E-state index >= 15 is 0 Å². The highest BCUT2D eigenvalue weighted by Crippen LogP contribution is 2.27. The first-order valence-electron chi connectivity index (χ1n) is 11.4. The molecule has 2 amide bonds. The quantitative estimate of drug-likeness (QED) is 0.740. The molecule has 34 heavy (non-hydrogen) atoms. The average molecular weight is 470 g/mol. The first-order valence-corrected chi connectivity index (χ1v) is 11.4. The summed E-state index contributed by atoms with van der Waals surface area (Å²) >= 11 is 0. The summed E-state index contributed by atoms with van der Waals surface area (Å²) in [5, 5.41) is 2.87. The summed E-state index contributed by atoms with van der Waals surface area (Å²) in [7, 11) is 7.02. The molecule has 3 atom stereocenters. The van der Waals surface area contributed by atoms with Crippen molar-refractivity contribution in [2.45, 2.75) is 26.0 Å². The van der Waals surface area contributed by atoms with Crippen LogP contribution in [-0.4, -0.2) is 81.8 Å². The number of rotatable bonds is 4. The minimum absolute atomic E-state index is 0.110. The molecule has 3 rings (SSSR count). The van der Waals surface area contributed by atoms with Gasteiger partial charge in [-0.1, -0.05) is 19.1 Å². The lowest BCUT2D eigenvalue weighted by atomic mass is 10.0. The second-order valence-electron chi connectivity index (χ2n) is 8.90. The lowest BCUT2D eigenvalue weighted by Gasteiger charge is -2.34. The SMILES string of the molecule is COc1ccccc1C(=O)Nc1ccc2c(c1)C(=O)N(C)C[C@@H](OC)[C@H](C)CN(C)[C@H](C)CO2. The third-order valence-corrected chi connectivity index (χ3v) is 6.37. The molecule has 0 aliphatic carbocycles. The Labute approximate surface area is 201 Å². The van der Waals surface area contributed by atoms with Gasteiger partial charge in [0, 0.05) is 39.0 Å². The van der Waals surface area contributed by atoms with Crippen LogP contribution in [-0.2, 0) is 4.74 Å². The Morgan fingerprint density at radius 1 is 1.09 bits per heavy atom. The van der Waals surface area contributed by atoms with Crippen LogP contribution in [0.15, 0.2) is 42.5 Å². The number of likely N-dealkylation sites (N-methyl/N-ethyl adjacent to an activating group) is 2. The molecule has 8 nitrogen and oxygen atoms in total. The van der Waals surface area contributed by atoms with Gasteiger partial charge in [-0.25, -0.2) is 0 Å². The average Bonchev–Trinajstić information content (AvgIpc) is 2.84. The minimum atomic E-state index is -0.323. The summed E-state index contributed by atoms with van der Waals surface area (Å²) in [6.45, 7) is 5.91. The zero-order valence-corrected chi connectivity index (χ0v) is 20.8. The number of anilines is 1. The maximum Gasteiger partial charge on any atom is 0.259 e. The van der Waals surface area contributed by atoms with Crippen molar-refractivity contribution in [2.75, 3.05) is 53.3 Å². The molecule has 2 aromatic rings. The van der Waals surface area contributed by atoms with E-state index in [-0.39, 0.29) is 29.9 Å². The Hall–Kier alpha value is -3.10. The zero-order chi connectivity index (χ0) is 24.8. The van der Waals surface area contributed by atoms with Crippen molar-refractivity contribution in [3.8, 4) is 11.5 Å². The highest BCUT2D eigenvalue weighted by molar-refractivity contribution is 6.07. The Balaban J connectivity index is 1.92. The molecular formula is C26H35N3O5. The van der Waals surface area contributed by atoms with Gasteiger partial charge in [0.05, 0.1) is 24.3 Å². The molecule has 1 N–H and O–H groups in total. The van der Waals surface area contributed by atoms with Crippen LogP contribution in [0.25, 0.3) is 0 Å². The first-order chi connectivity index (χ1) is 16.2. The molecule has 0 fully saturated rings. The Morgan fingerprint density at radius 3 is 2.53 bits per heavy atom. The van der Waals surface area contributed by atoms with Gasteiger partial charge in [-0.2, -0.15) is 0 Å². The fourth-order valence-corrected chi connectivity index (χ4v) is 4.07. The van der Waals surface area contributed by atoms with Gasteiger partial charge in [-0.15, -0.1) is 0 Å². The fraction of sp³-hybridized carbons (Fsp3) is 0.462. The van der Waals surface area contributed by atoms with E-state index in [0.717, 1.165) is 6.54 Å². The number of para-hydroxylation sites is 1. The van der Waals surface area contributed by atoms with Gasteiger partial charge < -0.3 is 24.4 Å². The number of hydrogen-bond acceptors (Lipinski definition) is 6. The number of benzene rings is 2. The number of carbonyl (C=O) groups excluding carboxylic acids is 2. The largest absolute Gasteiger partial charge is 0.496 e. The number of methoxy groups -OCH3 is 2. The summed E-state index contributed by atoms with van der Waals surface area (Å²) in [4.78, 5) is 30.2. The standard InChI is InChI=1S/C26H35N3O5/c1-17-14-28(3)18(2)16-34-23-12-11-19(13-21(23)26(31)29(4)15-24(17)33-6)27-25(30)20-9-7-8-10-22(20)32-5/h7-13,17-18,24H,14-16H2,1-6H3,(H,27,30)/t17-,18-,24-/m1/s1. The third kappa shape index (κ3) is 5.87. The normalized spacial score (nSPS) is 22.1. The molecule has 1 aliphatic rings. The maximum absolute atomic E-state index is 13.4. The highest BCUT2D eigenvalue weighted by atomic mass is 16.5. The van der Waals surface area contributed by atoms with Crippen LogP contribution in [0.5, 0.6) is 11.5 Å². The number of hydrogen-bond donors (Lipinski definition) is 1. The predicted octanol–water partition coefficient (Wildman–Crippen LogP) is 3.38. The number of fused-ring (bicyclic) bond motifs is 1. The van der Waals surface area contributed by atoms with Crippen LogP contribution in [0.1, 0.15) is 34.6 Å². The van der Waals surface area contributed by atoms with Crippen molar-refractivity contribution < 1.29 is 23.8 Å². The molecule has 8 heteroatoms. The predicted molar refractivity (Wildman–Crippen MR) is 132 cm³/mol. The van der Waals surface area contributed by atoms with Gasteiger partial charge in [0.15, 0.2) is 0 Å². The van der Waals surface area contributed by atoms with Crippen LogP contribution in [0.3, 0.4) is 0 Å². The van der Waals surface area contributed by atoms with E-state index in [0.29, 0.717) is 41.5 Å². The van der Waals surface area contributed by atoms with Crippen LogP contribution < -0.4 is 14.8 Å². The topological polar surface area (TPSA) is 80.3 Å². The molecule has 2 aromatic carbocycles. The van der Waals surface area contributed by atoms with E-state index in [1.54, 1.807) is 61.5 Å². The van der Waals surface area contributed by atoms with Gasteiger partial charge in [-0.3, -0.25) is 14.5 Å². The minimum Gasteiger partial charge on any atom is -0.496 e. The Bertz CT molecular complexity index is 1010. The Kier molecular flexibility index (Phi) is 8.52. The number of amides is 2. The Morgan fingerprint density at radius 2 is 1.82 bits per heavy atom. The van der Waals surface area contributed by atoms with Gasteiger partial charge in [-0.05, 0) is 50.2 Å². The van der Waals surface area contributed by atoms with E-state index in [1.807, 2.05) is 0 Å². The molecular weight excluding hydrogens is 434 g/mol. The van der Waals surface area contributed by atoms with Crippen LogP contribution in [0.4, 0.5) is 5.69 Å². The van der Waals surface area contributed by atoms with Gasteiger partial charge >= 0.3 is 0 Å². The monoisotopic (exact) mass is 469 g/mol. The molecule has 0 unspecified atom stereocenters. The van der Waals surface area contributed by atoms with Crippen molar-refractivity contribution in [3.63, 3.8) is 0 Å². The van der Waals surface area contributed by atoms with Gasteiger partial charge in [0.2, 0.25) is 0 Å². The van der Waals surface area contributed by atoms with Crippen molar-refractivity contribution in [1.82, 2.24) is 9.80 Å². The molecule has 0 saturated carbocycles. The molecule has 0 saturated heterocycles. The van der Waals surface area contributed by atoms with Crippen molar-refractivity contribution in [3.05, 3.63) is 53.6 Å². The molecule has 0 bridgehead atoms. The van der Waals surface area contributed by atoms with Gasteiger partial charge in [0.25, 0.3) is 11.8 Å². The van der Waals surface area contributed by atoms with Crippen molar-refractivity contribution >= 4 is 17.5 Å². The third-order valence-electron chi connectivity index (χ3n) is 6.37. The summed E-state index contributed by atoms with van der Waals surface area (Å²) in [6.07, 6.45) is -0.110. The smallest absolute Gasteiger partial charge is 0.259 e. The number of ether oxygens (including phenoxy) is 3. The maximum atomic E-state index is 13.4. The zero-order valence-electron chi connectivity index (χ0n) is 20.8. The lowest BCUT2D eigenvalue weighted by molar-refractivity contribution is 0.0150. The molecule has 0 aromatic heterocycles. The summed E-state index contributed by atoms with van der Waals surface area (Å²) in [6, 6.07) is 12.3. The lowest BCUT2D eigenvalue weighted by Crippen LogP contribution is -2.45. The fourth-order valence-electron chi connectivity index (χ4n) is 4.07. The summed E-state index contributed by atoms with van der Waals surface area (Å²) < 4.78 is 17.1.